The van der Waals surface area contributed by atoms with Crippen LogP contribution in [0.5, 0.6) is 11.5 Å². The number of anilines is 1. The van der Waals surface area contributed by atoms with Crippen molar-refractivity contribution in [3.63, 3.8) is 0 Å². The van der Waals surface area contributed by atoms with E-state index in [-0.39, 0.29) is 0 Å². The molecule has 3 aromatic rings. The van der Waals surface area contributed by atoms with Crippen LogP contribution in [0.1, 0.15) is 35.4 Å². The Balaban J connectivity index is 1.56. The summed E-state index contributed by atoms with van der Waals surface area (Å²) in [5.41, 5.74) is 3.59. The Bertz CT molecular complexity index is 1090. The average molecular weight is 405 g/mol. The zero-order chi connectivity index (χ0) is 21.4. The molecule has 0 unspecified atom stereocenters. The van der Waals surface area contributed by atoms with Crippen molar-refractivity contribution < 1.29 is 19.1 Å². The molecule has 4 rings (SSSR count). The minimum atomic E-state index is -0.973. The number of para-hydroxylation sites is 2. The van der Waals surface area contributed by atoms with Gasteiger partial charge in [0.05, 0.1) is 17.1 Å². The first-order chi connectivity index (χ1) is 14.4. The second-order valence-corrected chi connectivity index (χ2v) is 7.35. The summed E-state index contributed by atoms with van der Waals surface area (Å²) in [5.74, 6) is -0.353. The van der Waals surface area contributed by atoms with E-state index in [4.69, 9.17) is 9.47 Å². The van der Waals surface area contributed by atoms with Gasteiger partial charge in [0.25, 0.3) is 5.91 Å². The molecule has 0 bridgehead atoms. The molecule has 7 nitrogen and oxygen atoms in total. The van der Waals surface area contributed by atoms with Crippen LogP contribution >= 0.6 is 0 Å². The molecule has 0 fully saturated rings. The van der Waals surface area contributed by atoms with Crippen molar-refractivity contribution >= 4 is 17.6 Å². The summed E-state index contributed by atoms with van der Waals surface area (Å²) >= 11 is 0. The predicted molar refractivity (Wildman–Crippen MR) is 112 cm³/mol. The van der Waals surface area contributed by atoms with Crippen molar-refractivity contribution in [2.24, 2.45) is 7.05 Å². The second kappa shape index (κ2) is 7.67. The number of amides is 1. The molecule has 1 N–H and O–H groups in total. The van der Waals surface area contributed by atoms with Crippen LogP contribution in [0.2, 0.25) is 0 Å². The SMILES string of the molecule is Cc1nn(C)c(C)c1NC(=O)[C@H](C)OC(=O)C1c2ccccc2Oc2ccccc21. The first-order valence-corrected chi connectivity index (χ1v) is 9.74. The Morgan fingerprint density at radius 1 is 1.07 bits per heavy atom. The number of carbonyl (C=O) groups is 2. The van der Waals surface area contributed by atoms with Crippen molar-refractivity contribution in [1.29, 1.82) is 0 Å². The van der Waals surface area contributed by atoms with Gasteiger partial charge < -0.3 is 14.8 Å². The molecule has 1 aromatic heterocycles. The highest BCUT2D eigenvalue weighted by Gasteiger charge is 2.35. The summed E-state index contributed by atoms with van der Waals surface area (Å²) in [6.45, 7) is 5.24. The maximum Gasteiger partial charge on any atom is 0.318 e. The van der Waals surface area contributed by atoms with Crippen molar-refractivity contribution in [3.05, 3.63) is 71.0 Å². The van der Waals surface area contributed by atoms with Gasteiger partial charge in [-0.25, -0.2) is 0 Å². The molecule has 2 heterocycles. The average Bonchev–Trinajstić information content (AvgIpc) is 2.97. The minimum absolute atomic E-state index is 0.406. The van der Waals surface area contributed by atoms with Crippen LogP contribution < -0.4 is 10.1 Å². The molecule has 2 aromatic carbocycles. The molecule has 154 valence electrons. The Kier molecular flexibility index (Phi) is 5.03. The van der Waals surface area contributed by atoms with Crippen molar-refractivity contribution in [2.45, 2.75) is 32.8 Å². The molecule has 0 saturated heterocycles. The van der Waals surface area contributed by atoms with Crippen molar-refractivity contribution in [3.8, 4) is 11.5 Å². The summed E-state index contributed by atoms with van der Waals surface area (Å²) in [7, 11) is 1.81. The number of esters is 1. The van der Waals surface area contributed by atoms with Gasteiger partial charge in [-0.15, -0.1) is 0 Å². The zero-order valence-electron chi connectivity index (χ0n) is 17.3. The van der Waals surface area contributed by atoms with E-state index < -0.39 is 23.9 Å². The van der Waals surface area contributed by atoms with E-state index in [2.05, 4.69) is 10.4 Å². The van der Waals surface area contributed by atoms with Gasteiger partial charge in [-0.1, -0.05) is 36.4 Å². The molecule has 1 aliphatic rings. The fourth-order valence-electron chi connectivity index (χ4n) is 3.64. The standard InChI is InChI=1S/C23H23N3O4/c1-13-21(14(2)26(4)25-13)24-22(27)15(3)29-23(28)20-16-9-5-7-11-18(16)30-19-12-8-6-10-17(19)20/h5-12,15,20H,1-4H3,(H,24,27)/t15-/m0/s1. The van der Waals surface area contributed by atoms with E-state index in [0.29, 0.717) is 34.0 Å². The third-order valence-corrected chi connectivity index (χ3v) is 5.34. The molecular weight excluding hydrogens is 382 g/mol. The second-order valence-electron chi connectivity index (χ2n) is 7.35. The molecule has 1 amide bonds. The number of nitrogens with zero attached hydrogens (tertiary/aromatic N) is 2. The number of benzene rings is 2. The molecule has 1 aliphatic heterocycles. The summed E-state index contributed by atoms with van der Waals surface area (Å²) in [6, 6.07) is 14.7. The minimum Gasteiger partial charge on any atom is -0.457 e. The lowest BCUT2D eigenvalue weighted by Crippen LogP contribution is -2.33. The smallest absolute Gasteiger partial charge is 0.318 e. The topological polar surface area (TPSA) is 82.5 Å². The van der Waals surface area contributed by atoms with Crippen LogP contribution in [-0.4, -0.2) is 27.8 Å². The number of carbonyl (C=O) groups excluding carboxylic acids is 2. The molecule has 0 aliphatic carbocycles. The predicted octanol–water partition coefficient (Wildman–Crippen LogP) is 3.84. The van der Waals surface area contributed by atoms with Crippen LogP contribution in [0.4, 0.5) is 5.69 Å². The molecular formula is C23H23N3O4. The number of nitrogens with one attached hydrogen (secondary N) is 1. The van der Waals surface area contributed by atoms with E-state index in [1.165, 1.54) is 0 Å². The van der Waals surface area contributed by atoms with E-state index >= 15 is 0 Å². The number of aryl methyl sites for hydroxylation is 2. The Hall–Kier alpha value is -3.61. The highest BCUT2D eigenvalue weighted by atomic mass is 16.5. The van der Waals surface area contributed by atoms with Gasteiger partial charge in [0.15, 0.2) is 6.10 Å². The van der Waals surface area contributed by atoms with Gasteiger partial charge in [0.1, 0.15) is 17.4 Å². The lowest BCUT2D eigenvalue weighted by Gasteiger charge is -2.27. The van der Waals surface area contributed by atoms with E-state index in [9.17, 15) is 9.59 Å². The highest BCUT2D eigenvalue weighted by molar-refractivity contribution is 5.97. The molecule has 7 heteroatoms. The van der Waals surface area contributed by atoms with Crippen LogP contribution in [0, 0.1) is 13.8 Å². The quantitative estimate of drug-likeness (QED) is 0.667. The maximum atomic E-state index is 13.2. The van der Waals surface area contributed by atoms with Gasteiger partial charge in [-0.3, -0.25) is 14.3 Å². The van der Waals surface area contributed by atoms with E-state index in [1.54, 1.807) is 11.6 Å². The normalized spacial score (nSPS) is 13.6. The summed E-state index contributed by atoms with van der Waals surface area (Å²) in [5, 5.41) is 7.11. The van der Waals surface area contributed by atoms with Gasteiger partial charge >= 0.3 is 5.97 Å². The Labute approximate surface area is 174 Å². The fraction of sp³-hybridized carbons (Fsp3) is 0.261. The van der Waals surface area contributed by atoms with Crippen molar-refractivity contribution in [2.75, 3.05) is 5.32 Å². The summed E-state index contributed by atoms with van der Waals surface area (Å²) < 4.78 is 13.2. The Morgan fingerprint density at radius 3 is 2.17 bits per heavy atom. The number of fused-ring (bicyclic) bond motifs is 2. The number of ether oxygens (including phenoxy) is 2. The molecule has 0 spiro atoms. The highest BCUT2D eigenvalue weighted by Crippen LogP contribution is 2.44. The monoisotopic (exact) mass is 405 g/mol. The summed E-state index contributed by atoms with van der Waals surface area (Å²) in [4.78, 5) is 25.8. The summed E-state index contributed by atoms with van der Waals surface area (Å²) in [6.07, 6.45) is -0.973. The lowest BCUT2D eigenvalue weighted by atomic mass is 9.88. The number of aromatic nitrogens is 2. The van der Waals surface area contributed by atoms with Crippen LogP contribution in [0.15, 0.2) is 48.5 Å². The van der Waals surface area contributed by atoms with Gasteiger partial charge in [0.2, 0.25) is 0 Å². The van der Waals surface area contributed by atoms with Crippen molar-refractivity contribution in [1.82, 2.24) is 9.78 Å². The van der Waals surface area contributed by atoms with E-state index in [1.807, 2.05) is 69.4 Å². The molecule has 0 radical (unpaired) electrons. The maximum absolute atomic E-state index is 13.2. The number of hydrogen-bond donors (Lipinski definition) is 1. The fourth-order valence-corrected chi connectivity index (χ4v) is 3.64. The number of hydrogen-bond acceptors (Lipinski definition) is 5. The third kappa shape index (κ3) is 3.43. The van der Waals surface area contributed by atoms with Gasteiger partial charge in [-0.05, 0) is 32.9 Å². The first kappa shape index (κ1) is 19.7. The van der Waals surface area contributed by atoms with Gasteiger partial charge in [-0.2, -0.15) is 5.10 Å². The lowest BCUT2D eigenvalue weighted by molar-refractivity contribution is -0.153. The zero-order valence-corrected chi connectivity index (χ0v) is 17.3. The number of rotatable bonds is 4. The largest absolute Gasteiger partial charge is 0.457 e. The van der Waals surface area contributed by atoms with E-state index in [0.717, 1.165) is 5.69 Å². The van der Waals surface area contributed by atoms with Gasteiger partial charge in [0, 0.05) is 18.2 Å². The van der Waals surface area contributed by atoms with Crippen LogP contribution in [0.3, 0.4) is 0 Å². The molecule has 30 heavy (non-hydrogen) atoms. The third-order valence-electron chi connectivity index (χ3n) is 5.34. The Morgan fingerprint density at radius 2 is 1.63 bits per heavy atom. The van der Waals surface area contributed by atoms with Crippen LogP contribution in [0.25, 0.3) is 0 Å². The molecule has 1 atom stereocenters. The molecule has 0 saturated carbocycles. The van der Waals surface area contributed by atoms with Crippen LogP contribution in [-0.2, 0) is 21.4 Å². The first-order valence-electron chi connectivity index (χ1n) is 9.74.